The number of aliphatic carboxylic acids is 1. The van der Waals surface area contributed by atoms with E-state index < -0.39 is 31.0 Å². The molecule has 0 radical (unpaired) electrons. The van der Waals surface area contributed by atoms with Gasteiger partial charge in [0.2, 0.25) is 5.91 Å². The van der Waals surface area contributed by atoms with Crippen molar-refractivity contribution in [3.05, 3.63) is 28.8 Å². The normalized spacial score (nSPS) is 10.0. The molecule has 1 aromatic rings. The summed E-state index contributed by atoms with van der Waals surface area (Å²) in [6.45, 7) is 4.56. The first kappa shape index (κ1) is 16.5. The lowest BCUT2D eigenvalue weighted by atomic mass is 10.1. The number of rotatable bonds is 5. The van der Waals surface area contributed by atoms with E-state index in [1.54, 1.807) is 0 Å². The Morgan fingerprint density at radius 2 is 1.67 bits per heavy atom. The Bertz CT molecular complexity index is 545. The van der Waals surface area contributed by atoms with E-state index in [2.05, 4.69) is 5.32 Å². The monoisotopic (exact) mass is 293 g/mol. The van der Waals surface area contributed by atoms with Gasteiger partial charge in [0.1, 0.15) is 13.1 Å². The van der Waals surface area contributed by atoms with E-state index in [4.69, 9.17) is 10.8 Å². The third-order valence-electron chi connectivity index (χ3n) is 2.87. The minimum atomic E-state index is -1.22. The van der Waals surface area contributed by atoms with E-state index >= 15 is 0 Å². The van der Waals surface area contributed by atoms with Crippen LogP contribution in [-0.4, -0.2) is 41.0 Å². The lowest BCUT2D eigenvalue weighted by molar-refractivity contribution is -0.137. The summed E-state index contributed by atoms with van der Waals surface area (Å²) in [6, 6.07) is 3.13. The number of nitrogens with zero attached hydrogens (tertiary/aromatic N) is 1. The van der Waals surface area contributed by atoms with Crippen LogP contribution in [0.3, 0.4) is 0 Å². The number of carbonyl (C=O) groups excluding carboxylic acids is 2. The highest BCUT2D eigenvalue weighted by molar-refractivity contribution is 5.95. The van der Waals surface area contributed by atoms with Gasteiger partial charge in [-0.3, -0.25) is 9.59 Å². The highest BCUT2D eigenvalue weighted by atomic mass is 16.4. The fourth-order valence-corrected chi connectivity index (χ4v) is 2.11. The van der Waals surface area contributed by atoms with E-state index in [1.807, 2.05) is 32.9 Å². The molecule has 114 valence electrons. The Hall–Kier alpha value is -2.57. The predicted octanol–water partition coefficient (Wildman–Crippen LogP) is 1.02. The maximum atomic E-state index is 12.1. The first-order valence-corrected chi connectivity index (χ1v) is 6.34. The lowest BCUT2D eigenvalue weighted by Crippen LogP contribution is -2.43. The summed E-state index contributed by atoms with van der Waals surface area (Å²) in [7, 11) is 0. The number of hydrogen-bond donors (Lipinski definition) is 3. The van der Waals surface area contributed by atoms with Gasteiger partial charge in [-0.2, -0.15) is 0 Å². The van der Waals surface area contributed by atoms with Crippen molar-refractivity contribution in [3.8, 4) is 0 Å². The van der Waals surface area contributed by atoms with Crippen molar-refractivity contribution < 1.29 is 19.5 Å². The fraction of sp³-hybridized carbons (Fsp3) is 0.357. The molecule has 7 heteroatoms. The van der Waals surface area contributed by atoms with Crippen molar-refractivity contribution >= 4 is 23.6 Å². The number of anilines is 1. The second-order valence-electron chi connectivity index (χ2n) is 4.92. The molecule has 0 heterocycles. The topological polar surface area (TPSA) is 113 Å². The number of primary amides is 1. The van der Waals surface area contributed by atoms with Gasteiger partial charge >= 0.3 is 12.0 Å². The maximum Gasteiger partial charge on any atom is 0.323 e. The Morgan fingerprint density at radius 1 is 1.14 bits per heavy atom. The summed E-state index contributed by atoms with van der Waals surface area (Å²) in [5, 5.41) is 11.4. The van der Waals surface area contributed by atoms with Gasteiger partial charge in [0.25, 0.3) is 0 Å². The average molecular weight is 293 g/mol. The highest BCUT2D eigenvalue weighted by Gasteiger charge is 2.20. The quantitative estimate of drug-likeness (QED) is 0.752. The molecule has 1 rings (SSSR count). The number of amides is 3. The van der Waals surface area contributed by atoms with Crippen LogP contribution in [-0.2, 0) is 9.59 Å². The Morgan fingerprint density at radius 3 is 2.10 bits per heavy atom. The summed E-state index contributed by atoms with van der Waals surface area (Å²) in [5.41, 5.74) is 8.40. The summed E-state index contributed by atoms with van der Waals surface area (Å²) >= 11 is 0. The second-order valence-corrected chi connectivity index (χ2v) is 4.92. The standard InChI is InChI=1S/C14H19N3O4/c1-8-4-9(2)13(10(3)5-8)16-14(21)17(6-11(15)18)7-12(19)20/h4-5H,6-7H2,1-3H3,(H2,15,18)(H,16,21)(H,19,20). The van der Waals surface area contributed by atoms with Crippen LogP contribution in [0.5, 0.6) is 0 Å². The molecule has 7 nitrogen and oxygen atoms in total. The zero-order valence-corrected chi connectivity index (χ0v) is 12.3. The summed E-state index contributed by atoms with van der Waals surface area (Å²) in [5.74, 6) is -1.99. The van der Waals surface area contributed by atoms with Crippen LogP contribution < -0.4 is 11.1 Å². The summed E-state index contributed by atoms with van der Waals surface area (Å²) in [6.07, 6.45) is 0. The van der Waals surface area contributed by atoms with Gasteiger partial charge in [-0.05, 0) is 31.9 Å². The molecule has 0 spiro atoms. The van der Waals surface area contributed by atoms with Gasteiger partial charge in [0.05, 0.1) is 0 Å². The number of carbonyl (C=O) groups is 3. The van der Waals surface area contributed by atoms with E-state index in [0.29, 0.717) is 5.69 Å². The number of benzene rings is 1. The molecule has 0 atom stereocenters. The van der Waals surface area contributed by atoms with Crippen LogP contribution in [0.15, 0.2) is 12.1 Å². The molecule has 0 aromatic heterocycles. The van der Waals surface area contributed by atoms with E-state index in [9.17, 15) is 14.4 Å². The molecule has 0 saturated carbocycles. The van der Waals surface area contributed by atoms with Gasteiger partial charge < -0.3 is 21.1 Å². The molecule has 0 aliphatic rings. The maximum absolute atomic E-state index is 12.1. The molecule has 0 aliphatic heterocycles. The summed E-state index contributed by atoms with van der Waals surface area (Å²) in [4.78, 5) is 34.7. The molecule has 3 amide bonds. The molecular formula is C14H19N3O4. The number of aryl methyl sites for hydroxylation is 3. The smallest absolute Gasteiger partial charge is 0.323 e. The molecule has 0 aliphatic carbocycles. The van der Waals surface area contributed by atoms with Crippen LogP contribution >= 0.6 is 0 Å². The second kappa shape index (κ2) is 6.74. The Kier molecular flexibility index (Phi) is 5.29. The van der Waals surface area contributed by atoms with Crippen LogP contribution in [0.4, 0.5) is 10.5 Å². The lowest BCUT2D eigenvalue weighted by Gasteiger charge is -2.21. The molecule has 0 unspecified atom stereocenters. The largest absolute Gasteiger partial charge is 0.480 e. The van der Waals surface area contributed by atoms with Gasteiger partial charge in [-0.1, -0.05) is 17.7 Å². The fourth-order valence-electron chi connectivity index (χ4n) is 2.11. The van der Waals surface area contributed by atoms with Crippen molar-refractivity contribution in [3.63, 3.8) is 0 Å². The molecule has 0 fully saturated rings. The van der Waals surface area contributed by atoms with Crippen LogP contribution in [0.2, 0.25) is 0 Å². The van der Waals surface area contributed by atoms with Crippen LogP contribution in [0.1, 0.15) is 16.7 Å². The molecule has 21 heavy (non-hydrogen) atoms. The third-order valence-corrected chi connectivity index (χ3v) is 2.87. The first-order valence-electron chi connectivity index (χ1n) is 6.34. The predicted molar refractivity (Wildman–Crippen MR) is 78.1 cm³/mol. The van der Waals surface area contributed by atoms with Crippen molar-refractivity contribution in [1.29, 1.82) is 0 Å². The Labute approximate surface area is 122 Å². The van der Waals surface area contributed by atoms with Crippen molar-refractivity contribution in [2.24, 2.45) is 5.73 Å². The number of carboxylic acid groups (broad SMARTS) is 1. The molecule has 0 bridgehead atoms. The minimum absolute atomic E-state index is 0.456. The van der Waals surface area contributed by atoms with E-state index in [-0.39, 0.29) is 0 Å². The van der Waals surface area contributed by atoms with Gasteiger partial charge in [-0.25, -0.2) is 4.79 Å². The van der Waals surface area contributed by atoms with E-state index in [0.717, 1.165) is 21.6 Å². The number of nitrogens with one attached hydrogen (secondary N) is 1. The third kappa shape index (κ3) is 4.79. The van der Waals surface area contributed by atoms with E-state index in [1.165, 1.54) is 0 Å². The molecule has 1 aromatic carbocycles. The first-order chi connectivity index (χ1) is 9.70. The molecule has 4 N–H and O–H groups in total. The molecular weight excluding hydrogens is 274 g/mol. The van der Waals surface area contributed by atoms with Crippen molar-refractivity contribution in [2.75, 3.05) is 18.4 Å². The zero-order valence-electron chi connectivity index (χ0n) is 12.3. The number of urea groups is 1. The zero-order chi connectivity index (χ0) is 16.2. The van der Waals surface area contributed by atoms with Gasteiger partial charge in [0.15, 0.2) is 0 Å². The van der Waals surface area contributed by atoms with Gasteiger partial charge in [0, 0.05) is 5.69 Å². The number of nitrogens with two attached hydrogens (primary N) is 1. The SMILES string of the molecule is Cc1cc(C)c(NC(=O)N(CC(N)=O)CC(=O)O)c(C)c1. The van der Waals surface area contributed by atoms with Gasteiger partial charge in [-0.15, -0.1) is 0 Å². The molecule has 0 saturated heterocycles. The number of hydrogen-bond acceptors (Lipinski definition) is 3. The average Bonchev–Trinajstić information content (AvgIpc) is 2.31. The van der Waals surface area contributed by atoms with Crippen molar-refractivity contribution in [2.45, 2.75) is 20.8 Å². The Balaban J connectivity index is 2.96. The number of carboxylic acids is 1. The van der Waals surface area contributed by atoms with Crippen LogP contribution in [0.25, 0.3) is 0 Å². The highest BCUT2D eigenvalue weighted by Crippen LogP contribution is 2.22. The van der Waals surface area contributed by atoms with Crippen LogP contribution in [0, 0.1) is 20.8 Å². The minimum Gasteiger partial charge on any atom is -0.480 e. The van der Waals surface area contributed by atoms with Crippen molar-refractivity contribution in [1.82, 2.24) is 4.90 Å². The summed E-state index contributed by atoms with van der Waals surface area (Å²) < 4.78 is 0.